The molecule has 0 spiro atoms. The molecule has 106 valence electrons. The molecule has 8 heteroatoms. The number of urea groups is 1. The molecule has 0 radical (unpaired) electrons. The second-order valence-electron chi connectivity index (χ2n) is 3.90. The molecular weight excluding hydrogens is 252 g/mol. The Morgan fingerprint density at radius 1 is 1.53 bits per heavy atom. The SMILES string of the molecule is CCC(NC(=O)NC(COC)C(=O)O)c1ncc[nH]1. The van der Waals surface area contributed by atoms with Gasteiger partial charge in [-0.05, 0) is 6.42 Å². The van der Waals surface area contributed by atoms with Crippen molar-refractivity contribution in [2.75, 3.05) is 13.7 Å². The van der Waals surface area contributed by atoms with Crippen LogP contribution in [0.1, 0.15) is 25.2 Å². The number of ether oxygens (including phenoxy) is 1. The number of methoxy groups -OCH3 is 1. The zero-order chi connectivity index (χ0) is 14.3. The molecule has 0 saturated carbocycles. The molecule has 2 amide bonds. The number of nitrogens with zero attached hydrogens (tertiary/aromatic N) is 1. The summed E-state index contributed by atoms with van der Waals surface area (Å²) < 4.78 is 4.73. The lowest BCUT2D eigenvalue weighted by Crippen LogP contribution is -2.49. The fourth-order valence-corrected chi connectivity index (χ4v) is 1.53. The van der Waals surface area contributed by atoms with E-state index in [4.69, 9.17) is 9.84 Å². The van der Waals surface area contributed by atoms with Gasteiger partial charge in [-0.3, -0.25) is 0 Å². The monoisotopic (exact) mass is 270 g/mol. The molecule has 4 N–H and O–H groups in total. The summed E-state index contributed by atoms with van der Waals surface area (Å²) in [4.78, 5) is 29.5. The Hall–Kier alpha value is -2.09. The zero-order valence-electron chi connectivity index (χ0n) is 10.8. The van der Waals surface area contributed by atoms with E-state index in [0.29, 0.717) is 12.2 Å². The standard InChI is InChI=1S/C11H18N4O4/c1-3-7(9-12-4-5-13-9)14-11(18)15-8(6-19-2)10(16)17/h4-5,7-8H,3,6H2,1-2H3,(H,12,13)(H,16,17)(H2,14,15,18). The molecule has 0 aromatic carbocycles. The Morgan fingerprint density at radius 3 is 2.74 bits per heavy atom. The van der Waals surface area contributed by atoms with Gasteiger partial charge in [0.25, 0.3) is 0 Å². The van der Waals surface area contributed by atoms with Crippen LogP contribution in [0.5, 0.6) is 0 Å². The molecule has 0 aliphatic rings. The number of aliphatic carboxylic acids is 1. The third-order valence-corrected chi connectivity index (χ3v) is 2.50. The predicted molar refractivity (Wildman–Crippen MR) is 66.6 cm³/mol. The smallest absolute Gasteiger partial charge is 0.328 e. The van der Waals surface area contributed by atoms with Gasteiger partial charge in [0.15, 0.2) is 6.04 Å². The molecule has 1 aromatic rings. The van der Waals surface area contributed by atoms with Crippen molar-refractivity contribution >= 4 is 12.0 Å². The fraction of sp³-hybridized carbons (Fsp3) is 0.545. The molecular formula is C11H18N4O4. The Labute approximate surface area is 110 Å². The molecule has 2 atom stereocenters. The average Bonchev–Trinajstić information content (AvgIpc) is 2.89. The van der Waals surface area contributed by atoms with Gasteiger partial charge in [-0.25, -0.2) is 14.6 Å². The second kappa shape index (κ2) is 7.37. The number of hydrogen-bond acceptors (Lipinski definition) is 4. The predicted octanol–water partition coefficient (Wildman–Crippen LogP) is 0.260. The van der Waals surface area contributed by atoms with Gasteiger partial charge in [0.1, 0.15) is 5.82 Å². The number of nitrogens with one attached hydrogen (secondary N) is 3. The molecule has 8 nitrogen and oxygen atoms in total. The van der Waals surface area contributed by atoms with Crippen LogP contribution < -0.4 is 10.6 Å². The highest BCUT2D eigenvalue weighted by Crippen LogP contribution is 2.10. The maximum absolute atomic E-state index is 11.7. The molecule has 0 saturated heterocycles. The van der Waals surface area contributed by atoms with Gasteiger partial charge < -0.3 is 25.5 Å². The molecule has 0 bridgehead atoms. The number of aromatic nitrogens is 2. The minimum absolute atomic E-state index is 0.0969. The van der Waals surface area contributed by atoms with Crippen molar-refractivity contribution in [2.24, 2.45) is 0 Å². The van der Waals surface area contributed by atoms with E-state index in [1.165, 1.54) is 7.11 Å². The first-order valence-electron chi connectivity index (χ1n) is 5.86. The van der Waals surface area contributed by atoms with Crippen LogP contribution in [-0.4, -0.2) is 46.8 Å². The van der Waals surface area contributed by atoms with E-state index in [1.807, 2.05) is 6.92 Å². The number of imidazole rings is 1. The van der Waals surface area contributed by atoms with E-state index in [0.717, 1.165) is 0 Å². The highest BCUT2D eigenvalue weighted by Gasteiger charge is 2.21. The lowest BCUT2D eigenvalue weighted by atomic mass is 10.2. The molecule has 19 heavy (non-hydrogen) atoms. The van der Waals surface area contributed by atoms with E-state index in [2.05, 4.69) is 20.6 Å². The number of rotatable bonds is 7. The zero-order valence-corrected chi connectivity index (χ0v) is 10.8. The molecule has 2 unspecified atom stereocenters. The minimum atomic E-state index is -1.15. The Balaban J connectivity index is 2.55. The normalized spacial score (nSPS) is 13.6. The quantitative estimate of drug-likeness (QED) is 0.567. The van der Waals surface area contributed by atoms with Gasteiger partial charge in [0.2, 0.25) is 0 Å². The van der Waals surface area contributed by atoms with E-state index >= 15 is 0 Å². The molecule has 1 heterocycles. The number of carbonyl (C=O) groups is 2. The summed E-state index contributed by atoms with van der Waals surface area (Å²) in [6.45, 7) is 1.79. The van der Waals surface area contributed by atoms with Crippen molar-refractivity contribution in [3.63, 3.8) is 0 Å². The third-order valence-electron chi connectivity index (χ3n) is 2.50. The summed E-state index contributed by atoms with van der Waals surface area (Å²) in [5.41, 5.74) is 0. The van der Waals surface area contributed by atoms with Crippen LogP contribution in [0.25, 0.3) is 0 Å². The molecule has 0 aliphatic carbocycles. The largest absolute Gasteiger partial charge is 0.480 e. The molecule has 1 aromatic heterocycles. The molecule has 0 fully saturated rings. The van der Waals surface area contributed by atoms with Gasteiger partial charge in [0, 0.05) is 19.5 Å². The number of aromatic amines is 1. The number of carbonyl (C=O) groups excluding carboxylic acids is 1. The van der Waals surface area contributed by atoms with Gasteiger partial charge in [0.05, 0.1) is 12.6 Å². The number of amides is 2. The van der Waals surface area contributed by atoms with Gasteiger partial charge >= 0.3 is 12.0 Å². The van der Waals surface area contributed by atoms with E-state index in [1.54, 1.807) is 12.4 Å². The number of carboxylic acid groups (broad SMARTS) is 1. The first kappa shape index (κ1) is 15.0. The van der Waals surface area contributed by atoms with Crippen molar-refractivity contribution in [2.45, 2.75) is 25.4 Å². The van der Waals surface area contributed by atoms with Crippen molar-refractivity contribution in [1.29, 1.82) is 0 Å². The summed E-state index contributed by atoms with van der Waals surface area (Å²) in [5.74, 6) is -0.528. The van der Waals surface area contributed by atoms with Crippen LogP contribution in [0.4, 0.5) is 4.79 Å². The minimum Gasteiger partial charge on any atom is -0.480 e. The average molecular weight is 270 g/mol. The highest BCUT2D eigenvalue weighted by atomic mass is 16.5. The second-order valence-corrected chi connectivity index (χ2v) is 3.90. The topological polar surface area (TPSA) is 116 Å². The summed E-state index contributed by atoms with van der Waals surface area (Å²) in [6, 6.07) is -1.96. The van der Waals surface area contributed by atoms with Gasteiger partial charge in [-0.15, -0.1) is 0 Å². The van der Waals surface area contributed by atoms with Gasteiger partial charge in [-0.1, -0.05) is 6.92 Å². The van der Waals surface area contributed by atoms with Crippen molar-refractivity contribution in [1.82, 2.24) is 20.6 Å². The third kappa shape index (κ3) is 4.59. The van der Waals surface area contributed by atoms with Crippen molar-refractivity contribution in [3.8, 4) is 0 Å². The van der Waals surface area contributed by atoms with E-state index in [9.17, 15) is 9.59 Å². The van der Waals surface area contributed by atoms with Crippen LogP contribution in [0.3, 0.4) is 0 Å². The lowest BCUT2D eigenvalue weighted by Gasteiger charge is -2.18. The maximum atomic E-state index is 11.7. The van der Waals surface area contributed by atoms with Gasteiger partial charge in [-0.2, -0.15) is 0 Å². The van der Waals surface area contributed by atoms with Crippen LogP contribution >= 0.6 is 0 Å². The van der Waals surface area contributed by atoms with E-state index < -0.39 is 18.0 Å². The Morgan fingerprint density at radius 2 is 2.26 bits per heavy atom. The fourth-order valence-electron chi connectivity index (χ4n) is 1.53. The Bertz CT molecular complexity index is 407. The van der Waals surface area contributed by atoms with Crippen molar-refractivity contribution in [3.05, 3.63) is 18.2 Å². The van der Waals surface area contributed by atoms with E-state index in [-0.39, 0.29) is 12.6 Å². The van der Waals surface area contributed by atoms with Crippen LogP contribution in [0, 0.1) is 0 Å². The molecule has 1 rings (SSSR count). The number of carboxylic acids is 1. The van der Waals surface area contributed by atoms with Crippen LogP contribution in [0.2, 0.25) is 0 Å². The van der Waals surface area contributed by atoms with Crippen LogP contribution in [0.15, 0.2) is 12.4 Å². The highest BCUT2D eigenvalue weighted by molar-refractivity contribution is 5.82. The van der Waals surface area contributed by atoms with Crippen molar-refractivity contribution < 1.29 is 19.4 Å². The lowest BCUT2D eigenvalue weighted by molar-refractivity contribution is -0.140. The summed E-state index contributed by atoms with van der Waals surface area (Å²) in [7, 11) is 1.37. The number of hydrogen-bond donors (Lipinski definition) is 4. The van der Waals surface area contributed by atoms with Crippen LogP contribution in [-0.2, 0) is 9.53 Å². The Kier molecular flexibility index (Phi) is 5.80. The first-order valence-corrected chi connectivity index (χ1v) is 5.86. The summed E-state index contributed by atoms with van der Waals surface area (Å²) in [5, 5.41) is 13.9. The number of H-pyrrole nitrogens is 1. The maximum Gasteiger partial charge on any atom is 0.328 e. The summed E-state index contributed by atoms with van der Waals surface area (Å²) in [6.07, 6.45) is 3.87. The molecule has 0 aliphatic heterocycles. The summed E-state index contributed by atoms with van der Waals surface area (Å²) >= 11 is 0. The first-order chi connectivity index (χ1) is 9.08.